The van der Waals surface area contributed by atoms with Gasteiger partial charge in [-0.1, -0.05) is 31.2 Å². The molecule has 0 unspecified atom stereocenters. The summed E-state index contributed by atoms with van der Waals surface area (Å²) < 4.78 is 40.5. The molecular formula is C20H24FN3O3S. The molecule has 3 rings (SSSR count). The standard InChI is InChI=1S/C20H24FN3O3S/c1-2-15-7-9-16(10-8-15)23-19(25)20(22)11-13-24(14-12-20)28(26,27)18-6-4-3-5-17(18)21/h3-10H,2,11-14,22H2,1H3,(H,23,25). The Morgan fingerprint density at radius 1 is 1.14 bits per heavy atom. The summed E-state index contributed by atoms with van der Waals surface area (Å²) in [7, 11) is -3.96. The summed E-state index contributed by atoms with van der Waals surface area (Å²) in [6.07, 6.45) is 1.21. The minimum absolute atomic E-state index is 0.0510. The molecule has 6 nitrogen and oxygen atoms in total. The number of sulfonamides is 1. The van der Waals surface area contributed by atoms with Gasteiger partial charge in [-0.25, -0.2) is 12.8 Å². The molecule has 0 saturated carbocycles. The number of carbonyl (C=O) groups is 1. The first-order chi connectivity index (χ1) is 13.3. The fourth-order valence-corrected chi connectivity index (χ4v) is 4.73. The van der Waals surface area contributed by atoms with Crippen LogP contribution in [0.1, 0.15) is 25.3 Å². The second kappa shape index (κ2) is 7.98. The van der Waals surface area contributed by atoms with Crippen molar-refractivity contribution in [3.63, 3.8) is 0 Å². The predicted molar refractivity (Wildman–Crippen MR) is 106 cm³/mol. The van der Waals surface area contributed by atoms with Crippen LogP contribution in [0, 0.1) is 5.82 Å². The Balaban J connectivity index is 1.67. The number of aryl methyl sites for hydroxylation is 1. The Morgan fingerprint density at radius 3 is 2.32 bits per heavy atom. The third-order valence-corrected chi connectivity index (χ3v) is 7.07. The van der Waals surface area contributed by atoms with Crippen molar-refractivity contribution in [2.75, 3.05) is 18.4 Å². The van der Waals surface area contributed by atoms with Crippen LogP contribution in [-0.2, 0) is 21.2 Å². The van der Waals surface area contributed by atoms with E-state index in [1.807, 2.05) is 31.2 Å². The van der Waals surface area contributed by atoms with Crippen LogP contribution < -0.4 is 11.1 Å². The average molecular weight is 405 g/mol. The molecule has 0 bridgehead atoms. The Kier molecular flexibility index (Phi) is 5.83. The van der Waals surface area contributed by atoms with E-state index in [0.29, 0.717) is 5.69 Å². The van der Waals surface area contributed by atoms with E-state index >= 15 is 0 Å². The van der Waals surface area contributed by atoms with Gasteiger partial charge in [0.05, 0.1) is 5.54 Å². The van der Waals surface area contributed by atoms with E-state index < -0.39 is 21.4 Å². The fourth-order valence-electron chi connectivity index (χ4n) is 3.23. The van der Waals surface area contributed by atoms with Crippen molar-refractivity contribution in [1.29, 1.82) is 0 Å². The Bertz CT molecular complexity index is 953. The maximum Gasteiger partial charge on any atom is 0.245 e. The topological polar surface area (TPSA) is 92.5 Å². The lowest BCUT2D eigenvalue weighted by molar-refractivity contribution is -0.122. The summed E-state index contributed by atoms with van der Waals surface area (Å²) in [5, 5.41) is 2.81. The van der Waals surface area contributed by atoms with Crippen molar-refractivity contribution in [2.45, 2.75) is 36.6 Å². The Labute approximate surface area is 164 Å². The molecule has 28 heavy (non-hydrogen) atoms. The van der Waals surface area contributed by atoms with E-state index in [4.69, 9.17) is 5.73 Å². The van der Waals surface area contributed by atoms with Gasteiger partial charge in [-0.05, 0) is 49.1 Å². The average Bonchev–Trinajstić information content (AvgIpc) is 2.69. The number of nitrogens with zero attached hydrogens (tertiary/aromatic N) is 1. The fraction of sp³-hybridized carbons (Fsp3) is 0.350. The van der Waals surface area contributed by atoms with E-state index in [-0.39, 0.29) is 36.7 Å². The van der Waals surface area contributed by atoms with Crippen LogP contribution in [0.15, 0.2) is 53.4 Å². The van der Waals surface area contributed by atoms with Crippen molar-refractivity contribution in [3.05, 3.63) is 59.9 Å². The van der Waals surface area contributed by atoms with Crippen molar-refractivity contribution in [2.24, 2.45) is 5.73 Å². The molecule has 2 aromatic rings. The molecule has 1 heterocycles. The van der Waals surface area contributed by atoms with Crippen molar-refractivity contribution >= 4 is 21.6 Å². The molecule has 0 aliphatic carbocycles. The number of benzene rings is 2. The lowest BCUT2D eigenvalue weighted by Crippen LogP contribution is -2.58. The largest absolute Gasteiger partial charge is 0.324 e. The lowest BCUT2D eigenvalue weighted by atomic mass is 9.88. The van der Waals surface area contributed by atoms with Gasteiger partial charge in [-0.3, -0.25) is 4.79 Å². The summed E-state index contributed by atoms with van der Waals surface area (Å²) in [5.41, 5.74) is 6.90. The summed E-state index contributed by atoms with van der Waals surface area (Å²) in [6, 6.07) is 12.8. The highest BCUT2D eigenvalue weighted by Gasteiger charge is 2.41. The number of nitrogens with two attached hydrogens (primary N) is 1. The first-order valence-electron chi connectivity index (χ1n) is 9.20. The van der Waals surface area contributed by atoms with E-state index in [0.717, 1.165) is 18.1 Å². The van der Waals surface area contributed by atoms with Gasteiger partial charge >= 0.3 is 0 Å². The second-order valence-electron chi connectivity index (χ2n) is 7.00. The third-order valence-electron chi connectivity index (χ3n) is 5.14. The summed E-state index contributed by atoms with van der Waals surface area (Å²) in [5.74, 6) is -1.14. The van der Waals surface area contributed by atoms with Crippen LogP contribution >= 0.6 is 0 Å². The Hall–Kier alpha value is -2.29. The smallest absolute Gasteiger partial charge is 0.245 e. The Morgan fingerprint density at radius 2 is 1.75 bits per heavy atom. The number of nitrogens with one attached hydrogen (secondary N) is 1. The molecule has 1 aliphatic heterocycles. The first-order valence-corrected chi connectivity index (χ1v) is 10.6. The predicted octanol–water partition coefficient (Wildman–Crippen LogP) is 2.51. The number of rotatable bonds is 5. The monoisotopic (exact) mass is 405 g/mol. The molecule has 8 heteroatoms. The maximum atomic E-state index is 13.9. The highest BCUT2D eigenvalue weighted by Crippen LogP contribution is 2.27. The van der Waals surface area contributed by atoms with Gasteiger partial charge < -0.3 is 11.1 Å². The van der Waals surface area contributed by atoms with Gasteiger partial charge in [0.2, 0.25) is 15.9 Å². The summed E-state index contributed by atoms with van der Waals surface area (Å²) in [4.78, 5) is 12.3. The molecule has 2 aromatic carbocycles. The van der Waals surface area contributed by atoms with E-state index in [2.05, 4.69) is 5.32 Å². The number of halogens is 1. The second-order valence-corrected chi connectivity index (χ2v) is 8.90. The van der Waals surface area contributed by atoms with Crippen molar-refractivity contribution in [1.82, 2.24) is 4.31 Å². The van der Waals surface area contributed by atoms with Crippen molar-refractivity contribution in [3.8, 4) is 0 Å². The third kappa shape index (κ3) is 4.09. The highest BCUT2D eigenvalue weighted by atomic mass is 32.2. The number of anilines is 1. The van der Waals surface area contributed by atoms with Crippen LogP contribution in [0.2, 0.25) is 0 Å². The van der Waals surface area contributed by atoms with Gasteiger partial charge in [-0.15, -0.1) is 0 Å². The molecule has 3 N–H and O–H groups in total. The van der Waals surface area contributed by atoms with Crippen LogP contribution in [0.3, 0.4) is 0 Å². The zero-order valence-electron chi connectivity index (χ0n) is 15.7. The first kappa shape index (κ1) is 20.4. The van der Waals surface area contributed by atoms with Crippen LogP contribution in [0.4, 0.5) is 10.1 Å². The van der Waals surface area contributed by atoms with Gasteiger partial charge in [0.1, 0.15) is 10.7 Å². The zero-order chi connectivity index (χ0) is 20.4. The number of hydrogen-bond acceptors (Lipinski definition) is 4. The maximum absolute atomic E-state index is 13.9. The molecule has 1 saturated heterocycles. The van der Waals surface area contributed by atoms with Gasteiger partial charge in [0, 0.05) is 18.8 Å². The van der Waals surface area contributed by atoms with Crippen LogP contribution in [0.25, 0.3) is 0 Å². The molecule has 1 aliphatic rings. The van der Waals surface area contributed by atoms with Crippen LogP contribution in [-0.4, -0.2) is 37.3 Å². The van der Waals surface area contributed by atoms with E-state index in [1.165, 1.54) is 22.5 Å². The number of carbonyl (C=O) groups excluding carboxylic acids is 1. The molecule has 150 valence electrons. The molecule has 0 spiro atoms. The zero-order valence-corrected chi connectivity index (χ0v) is 16.5. The van der Waals surface area contributed by atoms with Gasteiger partial charge in [0.15, 0.2) is 0 Å². The number of hydrogen-bond donors (Lipinski definition) is 2. The molecular weight excluding hydrogens is 381 g/mol. The SMILES string of the molecule is CCc1ccc(NC(=O)C2(N)CCN(S(=O)(=O)c3ccccc3F)CC2)cc1. The molecule has 0 aromatic heterocycles. The van der Waals surface area contributed by atoms with E-state index in [9.17, 15) is 17.6 Å². The van der Waals surface area contributed by atoms with Gasteiger partial charge in [-0.2, -0.15) is 4.31 Å². The minimum atomic E-state index is -3.96. The van der Waals surface area contributed by atoms with Crippen molar-refractivity contribution < 1.29 is 17.6 Å². The van der Waals surface area contributed by atoms with Crippen LogP contribution in [0.5, 0.6) is 0 Å². The highest BCUT2D eigenvalue weighted by molar-refractivity contribution is 7.89. The molecule has 1 amide bonds. The minimum Gasteiger partial charge on any atom is -0.324 e. The summed E-state index contributed by atoms with van der Waals surface area (Å²) in [6.45, 7) is 2.15. The molecule has 1 fully saturated rings. The number of piperidine rings is 1. The lowest BCUT2D eigenvalue weighted by Gasteiger charge is -2.37. The van der Waals surface area contributed by atoms with E-state index in [1.54, 1.807) is 0 Å². The normalized spacial score (nSPS) is 17.2. The molecule has 0 atom stereocenters. The summed E-state index contributed by atoms with van der Waals surface area (Å²) >= 11 is 0. The molecule has 0 radical (unpaired) electrons. The quantitative estimate of drug-likeness (QED) is 0.799. The number of amides is 1. The van der Waals surface area contributed by atoms with Gasteiger partial charge in [0.25, 0.3) is 0 Å².